The standard InChI is InChI=1S/C12H16N6O2/c1-3-15-9(2)14-18(12(15)20)8-11(19)16-6-7-17-10(16)4-5-13-17/h4-5H,3,6-8H2,1-2H3. The van der Waals surface area contributed by atoms with Crippen LogP contribution >= 0.6 is 0 Å². The lowest BCUT2D eigenvalue weighted by Gasteiger charge is -2.13. The second kappa shape index (κ2) is 4.62. The number of nitrogens with zero attached hydrogens (tertiary/aromatic N) is 6. The molecular weight excluding hydrogens is 260 g/mol. The van der Waals surface area contributed by atoms with Crippen LogP contribution in [0.5, 0.6) is 0 Å². The van der Waals surface area contributed by atoms with Crippen LogP contribution in [0.4, 0.5) is 5.82 Å². The third-order valence-electron chi connectivity index (χ3n) is 3.52. The summed E-state index contributed by atoms with van der Waals surface area (Å²) >= 11 is 0. The van der Waals surface area contributed by atoms with E-state index in [4.69, 9.17) is 0 Å². The van der Waals surface area contributed by atoms with Gasteiger partial charge in [-0.3, -0.25) is 14.3 Å². The Labute approximate surface area is 115 Å². The highest BCUT2D eigenvalue weighted by atomic mass is 16.2. The van der Waals surface area contributed by atoms with E-state index in [2.05, 4.69) is 10.2 Å². The van der Waals surface area contributed by atoms with Gasteiger partial charge in [-0.05, 0) is 13.8 Å². The van der Waals surface area contributed by atoms with E-state index in [9.17, 15) is 9.59 Å². The van der Waals surface area contributed by atoms with Gasteiger partial charge in [0.05, 0.1) is 12.7 Å². The number of aryl methyl sites for hydroxylation is 1. The molecule has 20 heavy (non-hydrogen) atoms. The summed E-state index contributed by atoms with van der Waals surface area (Å²) in [5.41, 5.74) is -0.244. The molecular formula is C12H16N6O2. The van der Waals surface area contributed by atoms with Gasteiger partial charge >= 0.3 is 5.69 Å². The number of anilines is 1. The van der Waals surface area contributed by atoms with Gasteiger partial charge in [0.2, 0.25) is 5.91 Å². The molecule has 0 N–H and O–H groups in total. The van der Waals surface area contributed by atoms with E-state index in [1.54, 1.807) is 33.3 Å². The second-order valence-corrected chi connectivity index (χ2v) is 4.69. The minimum absolute atomic E-state index is 0.0438. The van der Waals surface area contributed by atoms with E-state index in [1.165, 1.54) is 4.68 Å². The molecule has 8 heteroatoms. The Morgan fingerprint density at radius 2 is 2.20 bits per heavy atom. The van der Waals surface area contributed by atoms with Crippen LogP contribution in [0.15, 0.2) is 17.1 Å². The van der Waals surface area contributed by atoms with E-state index in [0.29, 0.717) is 25.5 Å². The topological polar surface area (TPSA) is 78.0 Å². The first-order valence-corrected chi connectivity index (χ1v) is 6.58. The van der Waals surface area contributed by atoms with E-state index >= 15 is 0 Å². The highest BCUT2D eigenvalue weighted by Crippen LogP contribution is 2.19. The Bertz CT molecular complexity index is 710. The normalized spacial score (nSPS) is 13.8. The molecule has 0 atom stereocenters. The molecule has 8 nitrogen and oxygen atoms in total. The van der Waals surface area contributed by atoms with Gasteiger partial charge in [0.25, 0.3) is 0 Å². The van der Waals surface area contributed by atoms with Crippen molar-refractivity contribution >= 4 is 11.7 Å². The Hall–Kier alpha value is -2.38. The van der Waals surface area contributed by atoms with Gasteiger partial charge in [0, 0.05) is 19.2 Å². The highest BCUT2D eigenvalue weighted by molar-refractivity contribution is 5.92. The van der Waals surface area contributed by atoms with Gasteiger partial charge in [-0.1, -0.05) is 0 Å². The zero-order chi connectivity index (χ0) is 14.3. The molecule has 1 aliphatic heterocycles. The average Bonchev–Trinajstić information content (AvgIpc) is 3.05. The second-order valence-electron chi connectivity index (χ2n) is 4.69. The van der Waals surface area contributed by atoms with Crippen molar-refractivity contribution in [2.24, 2.45) is 0 Å². The van der Waals surface area contributed by atoms with Crippen LogP contribution in [0.1, 0.15) is 12.7 Å². The third kappa shape index (κ3) is 1.84. The monoisotopic (exact) mass is 276 g/mol. The van der Waals surface area contributed by atoms with Crippen molar-refractivity contribution in [1.29, 1.82) is 0 Å². The molecule has 0 unspecified atom stereocenters. The maximum absolute atomic E-state index is 12.3. The first-order chi connectivity index (χ1) is 9.61. The van der Waals surface area contributed by atoms with Crippen molar-refractivity contribution in [2.45, 2.75) is 33.5 Å². The first kappa shape index (κ1) is 12.6. The largest absolute Gasteiger partial charge is 0.346 e. The van der Waals surface area contributed by atoms with E-state index in [1.807, 2.05) is 6.92 Å². The van der Waals surface area contributed by atoms with Gasteiger partial charge in [-0.15, -0.1) is 0 Å². The Balaban J connectivity index is 1.83. The van der Waals surface area contributed by atoms with Gasteiger partial charge in [-0.25, -0.2) is 14.2 Å². The SMILES string of the molecule is CCn1c(C)nn(CC(=O)N2CCn3nccc32)c1=O. The molecule has 0 aromatic carbocycles. The minimum atomic E-state index is -0.244. The number of aromatic nitrogens is 5. The predicted octanol–water partition coefficient (Wildman–Crippen LogP) is -0.384. The van der Waals surface area contributed by atoms with Gasteiger partial charge < -0.3 is 0 Å². The molecule has 0 spiro atoms. The lowest BCUT2D eigenvalue weighted by Crippen LogP contribution is -2.36. The maximum Gasteiger partial charge on any atom is 0.346 e. The van der Waals surface area contributed by atoms with Crippen molar-refractivity contribution in [3.8, 4) is 0 Å². The summed E-state index contributed by atoms with van der Waals surface area (Å²) in [6.07, 6.45) is 1.66. The molecule has 0 bridgehead atoms. The summed E-state index contributed by atoms with van der Waals surface area (Å²) in [6.45, 7) is 5.42. The molecule has 0 radical (unpaired) electrons. The van der Waals surface area contributed by atoms with Crippen LogP contribution < -0.4 is 10.6 Å². The molecule has 2 aromatic heterocycles. The first-order valence-electron chi connectivity index (χ1n) is 6.58. The number of amides is 1. The molecule has 0 saturated heterocycles. The number of carbonyl (C=O) groups is 1. The average molecular weight is 276 g/mol. The van der Waals surface area contributed by atoms with Crippen molar-refractivity contribution in [3.63, 3.8) is 0 Å². The van der Waals surface area contributed by atoms with Crippen molar-refractivity contribution in [1.82, 2.24) is 24.1 Å². The van der Waals surface area contributed by atoms with Gasteiger partial charge in [-0.2, -0.15) is 10.2 Å². The summed E-state index contributed by atoms with van der Waals surface area (Å²) in [4.78, 5) is 26.0. The van der Waals surface area contributed by atoms with Gasteiger partial charge in [0.15, 0.2) is 0 Å². The summed E-state index contributed by atoms with van der Waals surface area (Å²) in [5.74, 6) is 1.25. The highest BCUT2D eigenvalue weighted by Gasteiger charge is 2.26. The number of rotatable bonds is 3. The summed E-state index contributed by atoms with van der Waals surface area (Å²) in [5, 5.41) is 8.25. The van der Waals surface area contributed by atoms with E-state index < -0.39 is 0 Å². The molecule has 2 aromatic rings. The molecule has 0 saturated carbocycles. The zero-order valence-electron chi connectivity index (χ0n) is 11.5. The molecule has 106 valence electrons. The minimum Gasteiger partial charge on any atom is -0.294 e. The van der Waals surface area contributed by atoms with Crippen molar-refractivity contribution < 1.29 is 4.79 Å². The Morgan fingerprint density at radius 3 is 2.90 bits per heavy atom. The van der Waals surface area contributed by atoms with E-state index in [-0.39, 0.29) is 18.1 Å². The molecule has 1 aliphatic rings. The third-order valence-corrected chi connectivity index (χ3v) is 3.52. The Kier molecular flexibility index (Phi) is 2.92. The summed E-state index contributed by atoms with van der Waals surface area (Å²) in [6, 6.07) is 1.80. The molecule has 3 heterocycles. The quantitative estimate of drug-likeness (QED) is 0.765. The number of fused-ring (bicyclic) bond motifs is 1. The van der Waals surface area contributed by atoms with E-state index in [0.717, 1.165) is 5.82 Å². The summed E-state index contributed by atoms with van der Waals surface area (Å²) < 4.78 is 4.54. The molecule has 3 rings (SSSR count). The lowest BCUT2D eigenvalue weighted by atomic mass is 10.4. The van der Waals surface area contributed by atoms with Gasteiger partial charge in [0.1, 0.15) is 18.2 Å². The predicted molar refractivity (Wildman–Crippen MR) is 71.5 cm³/mol. The molecule has 1 amide bonds. The fourth-order valence-corrected chi connectivity index (χ4v) is 2.52. The lowest BCUT2D eigenvalue weighted by molar-refractivity contribution is -0.119. The number of hydrogen-bond donors (Lipinski definition) is 0. The summed E-state index contributed by atoms with van der Waals surface area (Å²) in [7, 11) is 0. The van der Waals surface area contributed by atoms with Crippen LogP contribution in [0.3, 0.4) is 0 Å². The fourth-order valence-electron chi connectivity index (χ4n) is 2.52. The van der Waals surface area contributed by atoms with Crippen LogP contribution in [0.25, 0.3) is 0 Å². The zero-order valence-corrected chi connectivity index (χ0v) is 11.5. The Morgan fingerprint density at radius 1 is 1.40 bits per heavy atom. The molecule has 0 aliphatic carbocycles. The number of carbonyl (C=O) groups excluding carboxylic acids is 1. The van der Waals surface area contributed by atoms with Crippen LogP contribution in [-0.2, 0) is 24.4 Å². The smallest absolute Gasteiger partial charge is 0.294 e. The van der Waals surface area contributed by atoms with Crippen molar-refractivity contribution in [3.05, 3.63) is 28.6 Å². The van der Waals surface area contributed by atoms with Crippen molar-refractivity contribution in [2.75, 3.05) is 11.4 Å². The van der Waals surface area contributed by atoms with Crippen LogP contribution in [0.2, 0.25) is 0 Å². The van der Waals surface area contributed by atoms with Crippen LogP contribution in [0, 0.1) is 6.92 Å². The van der Waals surface area contributed by atoms with Crippen LogP contribution in [-0.4, -0.2) is 36.6 Å². The number of hydrogen-bond acceptors (Lipinski definition) is 4. The fraction of sp³-hybridized carbons (Fsp3) is 0.500. The maximum atomic E-state index is 12.3. The molecule has 0 fully saturated rings.